The van der Waals surface area contributed by atoms with Gasteiger partial charge in [-0.1, -0.05) is 225 Å². The summed E-state index contributed by atoms with van der Waals surface area (Å²) >= 11 is 0. The van der Waals surface area contributed by atoms with Crippen molar-refractivity contribution >= 4 is 23.5 Å². The second-order valence-corrected chi connectivity index (χ2v) is 14.0. The Kier molecular flexibility index (Phi) is 30.1. The van der Waals surface area contributed by atoms with Gasteiger partial charge in [0, 0.05) is 0 Å². The fraction of sp³-hybridized carbons (Fsp3) is 0.440. The molecule has 1 aliphatic heterocycles. The highest BCUT2D eigenvalue weighted by atomic mass is 16.7. The van der Waals surface area contributed by atoms with E-state index in [-0.39, 0.29) is 0 Å². The van der Waals surface area contributed by atoms with Crippen molar-refractivity contribution in [2.45, 2.75) is 128 Å². The van der Waals surface area contributed by atoms with E-state index in [9.17, 15) is 29.4 Å². The number of rotatable bonds is 32. The SMILES string of the molecule is CCCCCCCCC/C=C/C=C/C=C/C=C/C=C/C=C/C(=O)C1(CO)OC(=O)C(CO)(C(=O)/C=C/C=C/C=C/C=C/C=C/C=C/CCCCCCCCC)OC1=O. The molecule has 316 valence electrons. The van der Waals surface area contributed by atoms with Crippen LogP contribution in [0.3, 0.4) is 0 Å². The summed E-state index contributed by atoms with van der Waals surface area (Å²) in [4.78, 5) is 51.8. The summed E-state index contributed by atoms with van der Waals surface area (Å²) in [7, 11) is 0. The van der Waals surface area contributed by atoms with Crippen molar-refractivity contribution < 1.29 is 38.9 Å². The van der Waals surface area contributed by atoms with Gasteiger partial charge in [0.05, 0.1) is 0 Å². The maximum atomic E-state index is 13.0. The van der Waals surface area contributed by atoms with Crippen LogP contribution in [0.2, 0.25) is 0 Å². The second kappa shape index (κ2) is 34.1. The van der Waals surface area contributed by atoms with Gasteiger partial charge in [-0.05, 0) is 37.8 Å². The molecular formula is C50H68O8. The van der Waals surface area contributed by atoms with E-state index in [2.05, 4.69) is 26.0 Å². The van der Waals surface area contributed by atoms with E-state index in [0.29, 0.717) is 0 Å². The number of hydrogen-bond donors (Lipinski definition) is 2. The molecular weight excluding hydrogens is 729 g/mol. The molecule has 0 aromatic heterocycles. The Morgan fingerprint density at radius 1 is 0.414 bits per heavy atom. The van der Waals surface area contributed by atoms with E-state index in [1.54, 1.807) is 36.5 Å². The largest absolute Gasteiger partial charge is 0.432 e. The lowest BCUT2D eigenvalue weighted by atomic mass is 9.91. The smallest absolute Gasteiger partial charge is 0.363 e. The normalized spacial score (nSPS) is 19.7. The quantitative estimate of drug-likeness (QED) is 0.0226. The first-order chi connectivity index (χ1) is 28.3. The fourth-order valence-electron chi connectivity index (χ4n) is 5.59. The van der Waals surface area contributed by atoms with Gasteiger partial charge in [0.15, 0.2) is 0 Å². The summed E-state index contributed by atoms with van der Waals surface area (Å²) in [5, 5.41) is 19.9. The van der Waals surface area contributed by atoms with E-state index < -0.39 is 47.9 Å². The number of unbranched alkanes of at least 4 members (excludes halogenated alkanes) is 14. The second-order valence-electron chi connectivity index (χ2n) is 14.0. The molecule has 2 N–H and O–H groups in total. The van der Waals surface area contributed by atoms with Gasteiger partial charge in [0.25, 0.3) is 11.2 Å². The van der Waals surface area contributed by atoms with Gasteiger partial charge in [-0.15, -0.1) is 0 Å². The van der Waals surface area contributed by atoms with Crippen molar-refractivity contribution in [1.29, 1.82) is 0 Å². The van der Waals surface area contributed by atoms with Crippen molar-refractivity contribution in [3.63, 3.8) is 0 Å². The zero-order valence-electron chi connectivity index (χ0n) is 34.9. The number of aliphatic hydroxyl groups excluding tert-OH is 2. The van der Waals surface area contributed by atoms with Crippen LogP contribution < -0.4 is 0 Å². The van der Waals surface area contributed by atoms with Gasteiger partial charge in [0.2, 0.25) is 11.6 Å². The number of carbonyl (C=O) groups excluding carboxylic acids is 4. The number of cyclic esters (lactones) is 2. The Labute approximate surface area is 348 Å². The first-order valence-electron chi connectivity index (χ1n) is 21.1. The van der Waals surface area contributed by atoms with Crippen LogP contribution in [-0.2, 0) is 28.7 Å². The van der Waals surface area contributed by atoms with E-state index in [4.69, 9.17) is 9.47 Å². The number of hydrogen-bond acceptors (Lipinski definition) is 8. The molecule has 0 radical (unpaired) electrons. The van der Waals surface area contributed by atoms with Crippen LogP contribution in [0.1, 0.15) is 117 Å². The highest BCUT2D eigenvalue weighted by molar-refractivity contribution is 6.21. The van der Waals surface area contributed by atoms with Gasteiger partial charge in [0.1, 0.15) is 13.2 Å². The lowest BCUT2D eigenvalue weighted by Crippen LogP contribution is -2.68. The van der Waals surface area contributed by atoms with Gasteiger partial charge in [-0.25, -0.2) is 9.59 Å². The van der Waals surface area contributed by atoms with Gasteiger partial charge in [-0.2, -0.15) is 0 Å². The Bertz CT molecular complexity index is 1440. The predicted molar refractivity (Wildman–Crippen MR) is 237 cm³/mol. The Balaban J connectivity index is 2.54. The topological polar surface area (TPSA) is 127 Å². The summed E-state index contributed by atoms with van der Waals surface area (Å²) in [5.41, 5.74) is -5.43. The Morgan fingerprint density at radius 3 is 0.966 bits per heavy atom. The molecule has 0 aromatic carbocycles. The monoisotopic (exact) mass is 796 g/mol. The third-order valence-corrected chi connectivity index (χ3v) is 9.15. The van der Waals surface area contributed by atoms with Gasteiger partial charge >= 0.3 is 11.9 Å². The third-order valence-electron chi connectivity index (χ3n) is 9.15. The molecule has 58 heavy (non-hydrogen) atoms. The van der Waals surface area contributed by atoms with E-state index >= 15 is 0 Å². The average Bonchev–Trinajstić information content (AvgIpc) is 3.22. The Hall–Kier alpha value is -4.92. The molecule has 2 atom stereocenters. The molecule has 8 nitrogen and oxygen atoms in total. The molecule has 8 heteroatoms. The van der Waals surface area contributed by atoms with E-state index in [0.717, 1.165) is 25.0 Å². The van der Waals surface area contributed by atoms with Crippen molar-refractivity contribution in [3.05, 3.63) is 146 Å². The molecule has 1 saturated heterocycles. The van der Waals surface area contributed by atoms with Crippen LogP contribution in [0.15, 0.2) is 146 Å². The van der Waals surface area contributed by atoms with Crippen molar-refractivity contribution in [2.24, 2.45) is 0 Å². The van der Waals surface area contributed by atoms with Crippen LogP contribution in [0.4, 0.5) is 0 Å². The summed E-state index contributed by atoms with van der Waals surface area (Å²) in [5.74, 6) is -5.09. The maximum Gasteiger partial charge on any atom is 0.363 e. The zero-order chi connectivity index (χ0) is 42.4. The predicted octanol–water partition coefficient (Wildman–Crippen LogP) is 10.6. The molecule has 0 amide bonds. The zero-order valence-corrected chi connectivity index (χ0v) is 34.9. The first-order valence-corrected chi connectivity index (χ1v) is 21.1. The van der Waals surface area contributed by atoms with Crippen LogP contribution in [-0.4, -0.2) is 58.1 Å². The minimum absolute atomic E-state index is 0.944. The Morgan fingerprint density at radius 2 is 0.672 bits per heavy atom. The summed E-state index contributed by atoms with van der Waals surface area (Å²) in [6.07, 6.45) is 61.8. The third kappa shape index (κ3) is 21.6. The molecule has 0 bridgehead atoms. The van der Waals surface area contributed by atoms with Gasteiger partial charge in [-0.3, -0.25) is 9.59 Å². The molecule has 0 aliphatic carbocycles. The molecule has 2 unspecified atom stereocenters. The lowest BCUT2D eigenvalue weighted by Gasteiger charge is -2.39. The van der Waals surface area contributed by atoms with Crippen LogP contribution in [0, 0.1) is 0 Å². The number of aliphatic hydroxyl groups is 2. The maximum absolute atomic E-state index is 13.0. The van der Waals surface area contributed by atoms with Crippen LogP contribution >= 0.6 is 0 Å². The molecule has 1 fully saturated rings. The van der Waals surface area contributed by atoms with E-state index in [1.807, 2.05) is 60.8 Å². The number of allylic oxidation sites excluding steroid dienone is 22. The van der Waals surface area contributed by atoms with Crippen molar-refractivity contribution in [3.8, 4) is 0 Å². The molecule has 0 spiro atoms. The van der Waals surface area contributed by atoms with Crippen LogP contribution in [0.5, 0.6) is 0 Å². The minimum atomic E-state index is -2.71. The molecule has 0 saturated carbocycles. The van der Waals surface area contributed by atoms with Crippen molar-refractivity contribution in [2.75, 3.05) is 13.2 Å². The first kappa shape index (κ1) is 51.1. The molecule has 1 rings (SSSR count). The average molecular weight is 797 g/mol. The molecule has 1 aliphatic rings. The molecule has 1 heterocycles. The number of ketones is 2. The number of ether oxygens (including phenoxy) is 2. The summed E-state index contributed by atoms with van der Waals surface area (Å²) in [6.45, 7) is 2.01. The number of carbonyl (C=O) groups is 4. The summed E-state index contributed by atoms with van der Waals surface area (Å²) < 4.78 is 10.2. The lowest BCUT2D eigenvalue weighted by molar-refractivity contribution is -0.229. The highest BCUT2D eigenvalue weighted by Gasteiger charge is 2.63. The van der Waals surface area contributed by atoms with Crippen molar-refractivity contribution in [1.82, 2.24) is 0 Å². The standard InChI is InChI=1S/C50H68O8/c1-3-5-7-9-11-13-15-17-19-21-23-25-27-29-31-33-35-37-39-41-45(53)49(43-51)47(55)58-50(44-52,48(56)57-49)46(54)42-40-38-36-34-32-30-28-26-24-22-20-18-16-14-12-10-8-6-4-2/h19-42,51-52H,3-18,43-44H2,1-2H3/b21-19+,22-20+,25-23+,26-24+,29-27+,30-28+,33-31+,34-32+,37-35+,38-36+,41-39+,42-40+. The fourth-order valence-corrected chi connectivity index (χ4v) is 5.59. The highest BCUT2D eigenvalue weighted by Crippen LogP contribution is 2.30. The summed E-state index contributed by atoms with van der Waals surface area (Å²) in [6, 6.07) is 0. The van der Waals surface area contributed by atoms with Gasteiger partial charge < -0.3 is 19.7 Å². The molecule has 0 aromatic rings. The number of esters is 2. The minimum Gasteiger partial charge on any atom is -0.432 e. The van der Waals surface area contributed by atoms with Crippen LogP contribution in [0.25, 0.3) is 0 Å². The van der Waals surface area contributed by atoms with E-state index in [1.165, 1.54) is 114 Å².